The van der Waals surface area contributed by atoms with Crippen LogP contribution in [0.25, 0.3) is 11.1 Å². The van der Waals surface area contributed by atoms with Gasteiger partial charge in [-0.15, -0.1) is 0 Å². The number of carbonyl (C=O) groups excluding carboxylic acids is 2. The first kappa shape index (κ1) is 17.4. The summed E-state index contributed by atoms with van der Waals surface area (Å²) in [5.74, 6) is -0.361. The maximum atomic E-state index is 12.2. The molecule has 1 fully saturated rings. The average molecular weight is 382 g/mol. The van der Waals surface area contributed by atoms with Crippen molar-refractivity contribution < 1.29 is 14.0 Å². The van der Waals surface area contributed by atoms with E-state index < -0.39 is 5.92 Å². The molecule has 0 bridgehead atoms. The normalized spacial score (nSPS) is 17.0. The maximum absolute atomic E-state index is 12.2. The lowest BCUT2D eigenvalue weighted by Crippen LogP contribution is -2.39. The maximum Gasteiger partial charge on any atom is 0.234 e. The van der Waals surface area contributed by atoms with Gasteiger partial charge in [0.25, 0.3) is 0 Å². The van der Waals surface area contributed by atoms with Crippen molar-refractivity contribution in [1.29, 1.82) is 0 Å². The molecule has 4 rings (SSSR count). The van der Waals surface area contributed by atoms with Crippen molar-refractivity contribution in [3.8, 4) is 11.1 Å². The van der Waals surface area contributed by atoms with Crippen molar-refractivity contribution in [2.75, 3.05) is 0 Å². The molecule has 1 saturated heterocycles. The molecule has 1 unspecified atom stereocenters. The number of carbonyl (C=O) groups is 2. The quantitative estimate of drug-likeness (QED) is 0.699. The van der Waals surface area contributed by atoms with Gasteiger partial charge in [-0.1, -0.05) is 35.9 Å². The van der Waals surface area contributed by atoms with E-state index in [-0.39, 0.29) is 11.8 Å². The zero-order valence-corrected chi connectivity index (χ0v) is 15.1. The highest BCUT2D eigenvalue weighted by Crippen LogP contribution is 2.36. The minimum Gasteiger partial charge on any atom is -0.449 e. The van der Waals surface area contributed by atoms with Crippen molar-refractivity contribution in [2.45, 2.75) is 25.2 Å². The van der Waals surface area contributed by atoms with E-state index in [9.17, 15) is 9.59 Å². The number of piperidine rings is 1. The second-order valence-corrected chi connectivity index (χ2v) is 6.73. The van der Waals surface area contributed by atoms with Crippen LogP contribution in [0.1, 0.15) is 35.9 Å². The Hall–Kier alpha value is -2.99. The highest BCUT2D eigenvalue weighted by molar-refractivity contribution is 6.34. The van der Waals surface area contributed by atoms with Crippen LogP contribution >= 0.6 is 11.6 Å². The number of benzene rings is 1. The lowest BCUT2D eigenvalue weighted by atomic mass is 9.88. The molecule has 6 nitrogen and oxygen atoms in total. The summed E-state index contributed by atoms with van der Waals surface area (Å²) in [5.41, 5.74) is 3.21. The Morgan fingerprint density at radius 1 is 1.19 bits per heavy atom. The van der Waals surface area contributed by atoms with Crippen molar-refractivity contribution in [3.05, 3.63) is 71.2 Å². The van der Waals surface area contributed by atoms with Crippen LogP contribution in [0.2, 0.25) is 5.02 Å². The third kappa shape index (κ3) is 3.61. The fourth-order valence-corrected chi connectivity index (χ4v) is 3.58. The topological polar surface area (TPSA) is 85.1 Å². The zero-order valence-electron chi connectivity index (χ0n) is 14.3. The average Bonchev–Trinajstić information content (AvgIpc) is 3.16. The molecule has 2 aromatic heterocycles. The standard InChI is InChI=1S/C20H16ClN3O3/c21-19-14(2-1-3-15(19)16-6-7-17(25)24-20(16)26)12-4-5-13(23-11-12)10-18-22-8-9-27-18/h1-5,8-9,11,16H,6-7,10H2,(H,24,25,26). The molecular formula is C20H16ClN3O3. The number of imide groups is 1. The number of hydrogen-bond donors (Lipinski definition) is 1. The SMILES string of the molecule is O=C1CCC(c2cccc(-c3ccc(Cc4ncco4)nc3)c2Cl)C(=O)N1. The molecule has 136 valence electrons. The van der Waals surface area contributed by atoms with Crippen LogP contribution in [-0.4, -0.2) is 21.8 Å². The van der Waals surface area contributed by atoms with Crippen LogP contribution in [0, 0.1) is 0 Å². The number of aromatic nitrogens is 2. The van der Waals surface area contributed by atoms with E-state index >= 15 is 0 Å². The number of halogens is 1. The summed E-state index contributed by atoms with van der Waals surface area (Å²) in [6.07, 6.45) is 6.16. The first-order chi connectivity index (χ1) is 13.1. The number of pyridine rings is 1. The minimum atomic E-state index is -0.424. The number of hydrogen-bond acceptors (Lipinski definition) is 5. The van der Waals surface area contributed by atoms with Gasteiger partial charge < -0.3 is 4.42 Å². The lowest BCUT2D eigenvalue weighted by molar-refractivity contribution is -0.134. The van der Waals surface area contributed by atoms with Crippen molar-refractivity contribution in [1.82, 2.24) is 15.3 Å². The Balaban J connectivity index is 1.60. The van der Waals surface area contributed by atoms with E-state index in [2.05, 4.69) is 15.3 Å². The van der Waals surface area contributed by atoms with Gasteiger partial charge in [0.2, 0.25) is 11.8 Å². The van der Waals surface area contributed by atoms with Gasteiger partial charge in [-0.2, -0.15) is 0 Å². The van der Waals surface area contributed by atoms with Crippen LogP contribution in [-0.2, 0) is 16.0 Å². The summed E-state index contributed by atoms with van der Waals surface area (Å²) in [5, 5.41) is 2.89. The minimum absolute atomic E-state index is 0.241. The van der Waals surface area contributed by atoms with E-state index in [4.69, 9.17) is 16.0 Å². The second-order valence-electron chi connectivity index (χ2n) is 6.35. The first-order valence-corrected chi connectivity index (χ1v) is 8.95. The van der Waals surface area contributed by atoms with Gasteiger partial charge in [-0.3, -0.25) is 19.9 Å². The highest BCUT2D eigenvalue weighted by atomic mass is 35.5. The molecule has 7 heteroatoms. The molecule has 0 aliphatic carbocycles. The Morgan fingerprint density at radius 2 is 2.07 bits per heavy atom. The second kappa shape index (κ2) is 7.32. The molecule has 27 heavy (non-hydrogen) atoms. The van der Waals surface area contributed by atoms with E-state index in [0.717, 1.165) is 22.4 Å². The molecule has 0 spiro atoms. The zero-order chi connectivity index (χ0) is 18.8. The van der Waals surface area contributed by atoms with Crippen molar-refractivity contribution in [3.63, 3.8) is 0 Å². The molecule has 1 N–H and O–H groups in total. The van der Waals surface area contributed by atoms with Gasteiger partial charge in [-0.25, -0.2) is 4.98 Å². The monoisotopic (exact) mass is 381 g/mol. The van der Waals surface area contributed by atoms with Gasteiger partial charge in [0.05, 0.1) is 23.6 Å². The van der Waals surface area contributed by atoms with E-state index in [1.54, 1.807) is 12.4 Å². The summed E-state index contributed by atoms with van der Waals surface area (Å²) in [6.45, 7) is 0. The van der Waals surface area contributed by atoms with Crippen LogP contribution in [0.15, 0.2) is 53.4 Å². The van der Waals surface area contributed by atoms with E-state index in [0.29, 0.717) is 30.2 Å². The van der Waals surface area contributed by atoms with Gasteiger partial charge in [0.15, 0.2) is 5.89 Å². The Bertz CT molecular complexity index is 984. The molecule has 1 atom stereocenters. The predicted octanol–water partition coefficient (Wildman–Crippen LogP) is 3.50. The molecule has 2 amide bonds. The van der Waals surface area contributed by atoms with Crippen LogP contribution in [0.5, 0.6) is 0 Å². The summed E-state index contributed by atoms with van der Waals surface area (Å²) in [7, 11) is 0. The summed E-state index contributed by atoms with van der Waals surface area (Å²) in [6, 6.07) is 9.41. The third-order valence-corrected chi connectivity index (χ3v) is 5.02. The Morgan fingerprint density at radius 3 is 2.78 bits per heavy atom. The largest absolute Gasteiger partial charge is 0.449 e. The smallest absolute Gasteiger partial charge is 0.234 e. The van der Waals surface area contributed by atoms with E-state index in [1.807, 2.05) is 30.3 Å². The summed E-state index contributed by atoms with van der Waals surface area (Å²) < 4.78 is 5.24. The lowest BCUT2D eigenvalue weighted by Gasteiger charge is -2.23. The molecule has 1 aromatic carbocycles. The molecule has 0 saturated carbocycles. The number of nitrogens with one attached hydrogen (secondary N) is 1. The van der Waals surface area contributed by atoms with Crippen LogP contribution in [0.4, 0.5) is 0 Å². The Kier molecular flexibility index (Phi) is 4.73. The molecule has 3 aromatic rings. The van der Waals surface area contributed by atoms with Crippen LogP contribution in [0.3, 0.4) is 0 Å². The van der Waals surface area contributed by atoms with Crippen molar-refractivity contribution in [2.24, 2.45) is 0 Å². The molecule has 0 radical (unpaired) electrons. The number of nitrogens with zero attached hydrogens (tertiary/aromatic N) is 2. The Labute approximate surface area is 160 Å². The molecule has 1 aliphatic rings. The number of amides is 2. The third-order valence-electron chi connectivity index (χ3n) is 4.59. The summed E-state index contributed by atoms with van der Waals surface area (Å²) in [4.78, 5) is 32.1. The van der Waals surface area contributed by atoms with E-state index in [1.165, 1.54) is 6.26 Å². The van der Waals surface area contributed by atoms with Crippen molar-refractivity contribution >= 4 is 23.4 Å². The summed E-state index contributed by atoms with van der Waals surface area (Å²) >= 11 is 6.62. The fourth-order valence-electron chi connectivity index (χ4n) is 3.22. The van der Waals surface area contributed by atoms with Gasteiger partial charge >= 0.3 is 0 Å². The van der Waals surface area contributed by atoms with Gasteiger partial charge in [0, 0.05) is 29.4 Å². The number of oxazole rings is 1. The molecule has 3 heterocycles. The van der Waals surface area contributed by atoms with Gasteiger partial charge in [-0.05, 0) is 18.1 Å². The highest BCUT2D eigenvalue weighted by Gasteiger charge is 2.30. The molecule has 1 aliphatic heterocycles. The van der Waals surface area contributed by atoms with Crippen LogP contribution < -0.4 is 5.32 Å². The fraction of sp³-hybridized carbons (Fsp3) is 0.200. The number of rotatable bonds is 4. The first-order valence-electron chi connectivity index (χ1n) is 8.57. The van der Waals surface area contributed by atoms with Gasteiger partial charge in [0.1, 0.15) is 6.26 Å². The molecular weight excluding hydrogens is 366 g/mol. The predicted molar refractivity (Wildman–Crippen MR) is 99.1 cm³/mol.